The summed E-state index contributed by atoms with van der Waals surface area (Å²) in [5.41, 5.74) is 7.38. The quantitative estimate of drug-likeness (QED) is 0.822. The van der Waals surface area contributed by atoms with Gasteiger partial charge in [-0.25, -0.2) is 0 Å². The number of ether oxygens (including phenoxy) is 1. The summed E-state index contributed by atoms with van der Waals surface area (Å²) < 4.78 is 5.72. The number of anilines is 2. The highest BCUT2D eigenvalue weighted by atomic mass is 35.5. The second-order valence-electron chi connectivity index (χ2n) is 4.47. The third-order valence-corrected chi connectivity index (χ3v) is 3.57. The molecule has 1 heterocycles. The normalized spacial score (nSPS) is 20.9. The molecule has 18 heavy (non-hydrogen) atoms. The number of likely N-dealkylation sites (N-methyl/N-ethyl adjacent to an activating group) is 1. The van der Waals surface area contributed by atoms with E-state index < -0.39 is 0 Å². The topological polar surface area (TPSA) is 50.5 Å². The van der Waals surface area contributed by atoms with Crippen LogP contribution in [0.5, 0.6) is 0 Å². The Bertz CT molecular complexity index is 400. The minimum absolute atomic E-state index is 0.206. The van der Waals surface area contributed by atoms with Crippen LogP contribution in [0.3, 0.4) is 0 Å². The highest BCUT2D eigenvalue weighted by Crippen LogP contribution is 2.26. The SMILES string of the molecule is CCN1CCOC(CNc2cccc(Cl)c2N)C1. The van der Waals surface area contributed by atoms with E-state index >= 15 is 0 Å². The summed E-state index contributed by atoms with van der Waals surface area (Å²) in [6.07, 6.45) is 0.206. The summed E-state index contributed by atoms with van der Waals surface area (Å²) >= 11 is 5.98. The second-order valence-corrected chi connectivity index (χ2v) is 4.88. The van der Waals surface area contributed by atoms with E-state index in [0.717, 1.165) is 38.5 Å². The number of nitrogens with two attached hydrogens (primary N) is 1. The molecule has 0 bridgehead atoms. The first kappa shape index (κ1) is 13.5. The Morgan fingerprint density at radius 1 is 1.56 bits per heavy atom. The van der Waals surface area contributed by atoms with Gasteiger partial charge in [-0.15, -0.1) is 0 Å². The molecular weight excluding hydrogens is 250 g/mol. The lowest BCUT2D eigenvalue weighted by Crippen LogP contribution is -2.45. The summed E-state index contributed by atoms with van der Waals surface area (Å²) in [6, 6.07) is 5.61. The maximum Gasteiger partial charge on any atom is 0.0874 e. The molecule has 0 amide bonds. The van der Waals surface area contributed by atoms with Crippen molar-refractivity contribution >= 4 is 23.0 Å². The van der Waals surface area contributed by atoms with Crippen LogP contribution in [0.15, 0.2) is 18.2 Å². The average molecular weight is 270 g/mol. The Hall–Kier alpha value is -0.970. The van der Waals surface area contributed by atoms with Crippen LogP contribution >= 0.6 is 11.6 Å². The third-order valence-electron chi connectivity index (χ3n) is 3.24. The van der Waals surface area contributed by atoms with Crippen molar-refractivity contribution in [1.82, 2.24) is 4.90 Å². The molecule has 3 N–H and O–H groups in total. The molecule has 0 saturated carbocycles. The Balaban J connectivity index is 1.89. The number of hydrogen-bond acceptors (Lipinski definition) is 4. The molecule has 1 saturated heterocycles. The van der Waals surface area contributed by atoms with Crippen molar-refractivity contribution in [2.24, 2.45) is 0 Å². The second kappa shape index (κ2) is 6.27. The lowest BCUT2D eigenvalue weighted by Gasteiger charge is -2.32. The first-order chi connectivity index (χ1) is 8.70. The number of benzene rings is 1. The van der Waals surface area contributed by atoms with Crippen LogP contribution in [0.4, 0.5) is 11.4 Å². The zero-order valence-electron chi connectivity index (χ0n) is 10.7. The predicted octanol–water partition coefficient (Wildman–Crippen LogP) is 2.05. The number of morpholine rings is 1. The minimum Gasteiger partial charge on any atom is -0.396 e. The van der Waals surface area contributed by atoms with Gasteiger partial charge in [0.1, 0.15) is 0 Å². The summed E-state index contributed by atoms with van der Waals surface area (Å²) in [7, 11) is 0. The van der Waals surface area contributed by atoms with Crippen LogP contribution in [0.25, 0.3) is 0 Å². The zero-order chi connectivity index (χ0) is 13.0. The van der Waals surface area contributed by atoms with Gasteiger partial charge in [0.25, 0.3) is 0 Å². The van der Waals surface area contributed by atoms with E-state index in [1.165, 1.54) is 0 Å². The van der Waals surface area contributed by atoms with Gasteiger partial charge >= 0.3 is 0 Å². The zero-order valence-corrected chi connectivity index (χ0v) is 11.4. The highest BCUT2D eigenvalue weighted by molar-refractivity contribution is 6.33. The molecule has 4 nitrogen and oxygen atoms in total. The molecule has 0 radical (unpaired) electrons. The van der Waals surface area contributed by atoms with Gasteiger partial charge in [-0.05, 0) is 18.7 Å². The third kappa shape index (κ3) is 3.28. The molecule has 1 atom stereocenters. The van der Waals surface area contributed by atoms with Crippen molar-refractivity contribution in [3.05, 3.63) is 23.2 Å². The summed E-state index contributed by atoms with van der Waals surface area (Å²) in [5.74, 6) is 0. The van der Waals surface area contributed by atoms with E-state index in [1.807, 2.05) is 12.1 Å². The standard InChI is InChI=1S/C13H20ClN3O/c1-2-17-6-7-18-10(9-17)8-16-12-5-3-4-11(14)13(12)15/h3-5,10,16H,2,6-9,15H2,1H3. The highest BCUT2D eigenvalue weighted by Gasteiger charge is 2.19. The Labute approximate surface area is 113 Å². The van der Waals surface area contributed by atoms with Crippen molar-refractivity contribution in [3.63, 3.8) is 0 Å². The maximum atomic E-state index is 5.98. The van der Waals surface area contributed by atoms with Gasteiger partial charge in [0.15, 0.2) is 0 Å². The molecule has 100 valence electrons. The molecular formula is C13H20ClN3O. The van der Waals surface area contributed by atoms with Gasteiger partial charge in [-0.1, -0.05) is 24.6 Å². The predicted molar refractivity (Wildman–Crippen MR) is 76.2 cm³/mol. The molecule has 1 fully saturated rings. The van der Waals surface area contributed by atoms with Crippen LogP contribution < -0.4 is 11.1 Å². The van der Waals surface area contributed by atoms with E-state index in [0.29, 0.717) is 10.7 Å². The van der Waals surface area contributed by atoms with Crippen molar-refractivity contribution in [2.75, 3.05) is 43.8 Å². The lowest BCUT2D eigenvalue weighted by molar-refractivity contribution is -0.0191. The lowest BCUT2D eigenvalue weighted by atomic mass is 10.2. The van der Waals surface area contributed by atoms with E-state index in [-0.39, 0.29) is 6.10 Å². The number of nitrogens with one attached hydrogen (secondary N) is 1. The maximum absolute atomic E-state index is 5.98. The van der Waals surface area contributed by atoms with E-state index in [4.69, 9.17) is 22.1 Å². The van der Waals surface area contributed by atoms with Crippen LogP contribution in [-0.4, -0.2) is 43.8 Å². The first-order valence-corrected chi connectivity index (χ1v) is 6.70. The largest absolute Gasteiger partial charge is 0.396 e. The number of para-hydroxylation sites is 1. The van der Waals surface area contributed by atoms with E-state index in [2.05, 4.69) is 17.1 Å². The molecule has 1 aliphatic rings. The van der Waals surface area contributed by atoms with Gasteiger partial charge in [0.05, 0.1) is 29.1 Å². The van der Waals surface area contributed by atoms with Crippen molar-refractivity contribution in [2.45, 2.75) is 13.0 Å². The molecule has 0 spiro atoms. The summed E-state index contributed by atoms with van der Waals surface area (Å²) in [4.78, 5) is 2.39. The van der Waals surface area contributed by atoms with Crippen molar-refractivity contribution < 1.29 is 4.74 Å². The Morgan fingerprint density at radius 3 is 3.17 bits per heavy atom. The Morgan fingerprint density at radius 2 is 2.39 bits per heavy atom. The minimum atomic E-state index is 0.206. The van der Waals surface area contributed by atoms with Gasteiger partial charge < -0.3 is 15.8 Å². The molecule has 5 heteroatoms. The molecule has 0 aromatic heterocycles. The van der Waals surface area contributed by atoms with Crippen molar-refractivity contribution in [1.29, 1.82) is 0 Å². The van der Waals surface area contributed by atoms with Gasteiger partial charge in [0.2, 0.25) is 0 Å². The summed E-state index contributed by atoms with van der Waals surface area (Å²) in [5, 5.41) is 3.89. The number of halogens is 1. The molecule has 0 aliphatic carbocycles. The van der Waals surface area contributed by atoms with Crippen molar-refractivity contribution in [3.8, 4) is 0 Å². The van der Waals surface area contributed by atoms with Gasteiger partial charge in [-0.2, -0.15) is 0 Å². The van der Waals surface area contributed by atoms with E-state index in [9.17, 15) is 0 Å². The fraction of sp³-hybridized carbons (Fsp3) is 0.538. The first-order valence-electron chi connectivity index (χ1n) is 6.32. The molecule has 1 aromatic carbocycles. The molecule has 1 aliphatic heterocycles. The number of nitrogen functional groups attached to an aromatic ring is 1. The number of nitrogens with zero attached hydrogens (tertiary/aromatic N) is 1. The van der Waals surface area contributed by atoms with Gasteiger partial charge in [0, 0.05) is 19.6 Å². The average Bonchev–Trinajstić information content (AvgIpc) is 2.41. The van der Waals surface area contributed by atoms with E-state index in [1.54, 1.807) is 6.07 Å². The summed E-state index contributed by atoms with van der Waals surface area (Å²) in [6.45, 7) is 6.77. The van der Waals surface area contributed by atoms with Crippen LogP contribution in [0, 0.1) is 0 Å². The fourth-order valence-electron chi connectivity index (χ4n) is 2.11. The van der Waals surface area contributed by atoms with Crippen LogP contribution in [-0.2, 0) is 4.74 Å². The monoisotopic (exact) mass is 269 g/mol. The number of rotatable bonds is 4. The Kier molecular flexibility index (Phi) is 4.69. The molecule has 1 aromatic rings. The molecule has 1 unspecified atom stereocenters. The number of hydrogen-bond donors (Lipinski definition) is 2. The van der Waals surface area contributed by atoms with Gasteiger partial charge in [-0.3, -0.25) is 4.90 Å². The van der Waals surface area contributed by atoms with Crippen LogP contribution in [0.1, 0.15) is 6.92 Å². The smallest absolute Gasteiger partial charge is 0.0874 e. The fourth-order valence-corrected chi connectivity index (χ4v) is 2.28. The van der Waals surface area contributed by atoms with Crippen LogP contribution in [0.2, 0.25) is 5.02 Å². The molecule has 2 rings (SSSR count).